The maximum Gasteiger partial charge on any atom is 0.0332 e. The zero-order valence-corrected chi connectivity index (χ0v) is 13.2. The second-order valence-corrected chi connectivity index (χ2v) is 5.97. The minimum atomic E-state index is 0.472. The molecule has 2 heteroatoms. The molecule has 1 aromatic carbocycles. The van der Waals surface area contributed by atoms with E-state index < -0.39 is 0 Å². The van der Waals surface area contributed by atoms with Crippen LogP contribution in [0.5, 0.6) is 0 Å². The number of hydrogen-bond donors (Lipinski definition) is 1. The van der Waals surface area contributed by atoms with Crippen LogP contribution in [-0.4, -0.2) is 31.6 Å². The van der Waals surface area contributed by atoms with Crippen LogP contribution in [-0.2, 0) is 0 Å². The van der Waals surface area contributed by atoms with Gasteiger partial charge in [-0.25, -0.2) is 0 Å². The Morgan fingerprint density at radius 2 is 1.79 bits per heavy atom. The monoisotopic (exact) mass is 262 g/mol. The summed E-state index contributed by atoms with van der Waals surface area (Å²) in [5.74, 6) is 0.738. The van der Waals surface area contributed by atoms with Gasteiger partial charge in [0.2, 0.25) is 0 Å². The number of nitrogens with zero attached hydrogens (tertiary/aromatic N) is 1. The van der Waals surface area contributed by atoms with Crippen LogP contribution in [0, 0.1) is 12.8 Å². The van der Waals surface area contributed by atoms with Crippen LogP contribution >= 0.6 is 0 Å². The molecular weight excluding hydrogens is 232 g/mol. The summed E-state index contributed by atoms with van der Waals surface area (Å²) in [6.45, 7) is 12.2. The minimum Gasteiger partial charge on any atom is -0.310 e. The lowest BCUT2D eigenvalue weighted by Gasteiger charge is -2.24. The number of rotatable bonds is 8. The van der Waals surface area contributed by atoms with Crippen molar-refractivity contribution in [1.82, 2.24) is 10.2 Å². The standard InChI is InChI=1S/C17H30N2/c1-6-18-17(11-12-19(5)13-14(2)3)16-9-7-15(4)8-10-16/h7-10,14,17-18H,6,11-13H2,1-5H3. The summed E-state index contributed by atoms with van der Waals surface area (Å²) >= 11 is 0. The van der Waals surface area contributed by atoms with E-state index in [1.54, 1.807) is 0 Å². The van der Waals surface area contributed by atoms with Gasteiger partial charge in [0.05, 0.1) is 0 Å². The summed E-state index contributed by atoms with van der Waals surface area (Å²) in [4.78, 5) is 2.43. The Labute approximate surface area is 119 Å². The zero-order chi connectivity index (χ0) is 14.3. The molecule has 2 nitrogen and oxygen atoms in total. The van der Waals surface area contributed by atoms with Crippen LogP contribution in [0.2, 0.25) is 0 Å². The molecule has 0 saturated carbocycles. The normalized spacial score (nSPS) is 13.2. The van der Waals surface area contributed by atoms with E-state index in [1.165, 1.54) is 24.1 Å². The molecular formula is C17H30N2. The molecule has 0 bridgehead atoms. The average Bonchev–Trinajstić information content (AvgIpc) is 2.35. The second-order valence-electron chi connectivity index (χ2n) is 5.97. The number of aryl methyl sites for hydroxylation is 1. The van der Waals surface area contributed by atoms with E-state index in [0.717, 1.165) is 19.0 Å². The largest absolute Gasteiger partial charge is 0.310 e. The first-order valence-corrected chi connectivity index (χ1v) is 7.51. The van der Waals surface area contributed by atoms with Crippen LogP contribution < -0.4 is 5.32 Å². The first kappa shape index (κ1) is 16.2. The van der Waals surface area contributed by atoms with E-state index in [9.17, 15) is 0 Å². The highest BCUT2D eigenvalue weighted by molar-refractivity contribution is 5.24. The van der Waals surface area contributed by atoms with E-state index >= 15 is 0 Å². The van der Waals surface area contributed by atoms with Gasteiger partial charge in [-0.2, -0.15) is 0 Å². The van der Waals surface area contributed by atoms with Crippen molar-refractivity contribution in [2.45, 2.75) is 40.2 Å². The van der Waals surface area contributed by atoms with Crippen molar-refractivity contribution in [2.24, 2.45) is 5.92 Å². The molecule has 0 aromatic heterocycles. The average molecular weight is 262 g/mol. The summed E-state index contributed by atoms with van der Waals surface area (Å²) in [5, 5.41) is 3.60. The Morgan fingerprint density at radius 1 is 1.16 bits per heavy atom. The van der Waals surface area contributed by atoms with E-state index in [1.807, 2.05) is 0 Å². The lowest BCUT2D eigenvalue weighted by atomic mass is 10.0. The third-order valence-corrected chi connectivity index (χ3v) is 3.41. The number of nitrogens with one attached hydrogen (secondary N) is 1. The topological polar surface area (TPSA) is 15.3 Å². The lowest BCUT2D eigenvalue weighted by Crippen LogP contribution is -2.29. The molecule has 0 saturated heterocycles. The highest BCUT2D eigenvalue weighted by Gasteiger charge is 2.11. The SMILES string of the molecule is CCNC(CCN(C)CC(C)C)c1ccc(C)cc1. The summed E-state index contributed by atoms with van der Waals surface area (Å²) in [5.41, 5.74) is 2.74. The van der Waals surface area contributed by atoms with Gasteiger partial charge in [0.1, 0.15) is 0 Å². The molecule has 1 aromatic rings. The molecule has 0 aliphatic rings. The molecule has 0 aliphatic heterocycles. The van der Waals surface area contributed by atoms with Crippen molar-refractivity contribution in [3.63, 3.8) is 0 Å². The van der Waals surface area contributed by atoms with E-state index in [4.69, 9.17) is 0 Å². The van der Waals surface area contributed by atoms with Gasteiger partial charge in [0.15, 0.2) is 0 Å². The molecule has 108 valence electrons. The summed E-state index contributed by atoms with van der Waals surface area (Å²) in [6, 6.07) is 9.39. The van der Waals surface area contributed by atoms with Crippen LogP contribution in [0.4, 0.5) is 0 Å². The molecule has 1 rings (SSSR count). The third kappa shape index (κ3) is 6.22. The predicted octanol–water partition coefficient (Wildman–Crippen LogP) is 3.62. The summed E-state index contributed by atoms with van der Waals surface area (Å²) < 4.78 is 0. The fourth-order valence-electron chi connectivity index (χ4n) is 2.50. The Balaban J connectivity index is 2.55. The van der Waals surface area contributed by atoms with Crippen LogP contribution in [0.15, 0.2) is 24.3 Å². The fraction of sp³-hybridized carbons (Fsp3) is 0.647. The van der Waals surface area contributed by atoms with Gasteiger partial charge in [0, 0.05) is 12.6 Å². The Hall–Kier alpha value is -0.860. The van der Waals surface area contributed by atoms with Crippen molar-refractivity contribution in [3.8, 4) is 0 Å². The molecule has 0 amide bonds. The summed E-state index contributed by atoms with van der Waals surface area (Å²) in [6.07, 6.45) is 1.17. The molecule has 1 unspecified atom stereocenters. The predicted molar refractivity (Wildman–Crippen MR) is 84.5 cm³/mol. The molecule has 1 atom stereocenters. The van der Waals surface area contributed by atoms with Crippen molar-refractivity contribution < 1.29 is 0 Å². The maximum atomic E-state index is 3.60. The Bertz CT molecular complexity index is 343. The second kappa shape index (κ2) is 8.34. The molecule has 0 aliphatic carbocycles. The zero-order valence-electron chi connectivity index (χ0n) is 13.2. The fourth-order valence-corrected chi connectivity index (χ4v) is 2.50. The van der Waals surface area contributed by atoms with E-state index in [-0.39, 0.29) is 0 Å². The van der Waals surface area contributed by atoms with Crippen LogP contribution in [0.1, 0.15) is 44.4 Å². The van der Waals surface area contributed by atoms with Gasteiger partial charge in [-0.1, -0.05) is 50.6 Å². The highest BCUT2D eigenvalue weighted by atomic mass is 15.1. The van der Waals surface area contributed by atoms with Crippen molar-refractivity contribution in [1.29, 1.82) is 0 Å². The van der Waals surface area contributed by atoms with Gasteiger partial charge >= 0.3 is 0 Å². The maximum absolute atomic E-state index is 3.60. The van der Waals surface area contributed by atoms with Crippen LogP contribution in [0.3, 0.4) is 0 Å². The minimum absolute atomic E-state index is 0.472. The Kier molecular flexibility index (Phi) is 7.11. The molecule has 0 spiro atoms. The Morgan fingerprint density at radius 3 is 2.32 bits per heavy atom. The van der Waals surface area contributed by atoms with Crippen molar-refractivity contribution >= 4 is 0 Å². The molecule has 0 radical (unpaired) electrons. The number of hydrogen-bond acceptors (Lipinski definition) is 2. The van der Waals surface area contributed by atoms with Gasteiger partial charge < -0.3 is 10.2 Å². The molecule has 0 heterocycles. The molecule has 0 fully saturated rings. The third-order valence-electron chi connectivity index (χ3n) is 3.41. The highest BCUT2D eigenvalue weighted by Crippen LogP contribution is 2.18. The summed E-state index contributed by atoms with van der Waals surface area (Å²) in [7, 11) is 2.22. The van der Waals surface area contributed by atoms with Gasteiger partial charge in [0.25, 0.3) is 0 Å². The number of benzene rings is 1. The van der Waals surface area contributed by atoms with E-state index in [2.05, 4.69) is 69.2 Å². The molecule has 1 N–H and O–H groups in total. The van der Waals surface area contributed by atoms with Gasteiger partial charge in [-0.15, -0.1) is 0 Å². The van der Waals surface area contributed by atoms with Gasteiger partial charge in [-0.3, -0.25) is 0 Å². The molecule has 19 heavy (non-hydrogen) atoms. The smallest absolute Gasteiger partial charge is 0.0332 e. The van der Waals surface area contributed by atoms with Crippen molar-refractivity contribution in [3.05, 3.63) is 35.4 Å². The van der Waals surface area contributed by atoms with Crippen molar-refractivity contribution in [2.75, 3.05) is 26.7 Å². The van der Waals surface area contributed by atoms with E-state index in [0.29, 0.717) is 6.04 Å². The first-order valence-electron chi connectivity index (χ1n) is 7.51. The van der Waals surface area contributed by atoms with Crippen LogP contribution in [0.25, 0.3) is 0 Å². The lowest BCUT2D eigenvalue weighted by molar-refractivity contribution is 0.277. The quantitative estimate of drug-likeness (QED) is 0.769. The van der Waals surface area contributed by atoms with Gasteiger partial charge in [-0.05, 0) is 45.0 Å². The first-order chi connectivity index (χ1) is 9.02.